The molecule has 0 amide bonds. The number of hydrogen-bond donors (Lipinski definition) is 0. The van der Waals surface area contributed by atoms with Crippen LogP contribution < -0.4 is 0 Å². The van der Waals surface area contributed by atoms with Gasteiger partial charge in [0.15, 0.2) is 0 Å². The van der Waals surface area contributed by atoms with Crippen LogP contribution in [0.4, 0.5) is 0 Å². The Kier molecular flexibility index (Phi) is 8.06. The van der Waals surface area contributed by atoms with Gasteiger partial charge in [0, 0.05) is 0 Å². The van der Waals surface area contributed by atoms with Crippen molar-refractivity contribution in [3.63, 3.8) is 0 Å². The molecule has 3 heteroatoms. The standard InChI is InChI=1S/C5H4Br.C5H4I.Fe/c2*6-5-3-1-2-4-5;/h2*1-4H;/q2*-1;+2. The monoisotopic (exact) mass is 390 g/mol. The summed E-state index contributed by atoms with van der Waals surface area (Å²) in [7, 11) is 0. The van der Waals surface area contributed by atoms with Gasteiger partial charge in [-0.05, 0) is 0 Å². The van der Waals surface area contributed by atoms with Crippen LogP contribution >= 0.6 is 38.5 Å². The molecule has 0 aliphatic rings. The van der Waals surface area contributed by atoms with Crippen LogP contribution in [-0.4, -0.2) is 0 Å². The Bertz CT molecular complexity index is 254. The van der Waals surface area contributed by atoms with Crippen LogP contribution in [0.1, 0.15) is 0 Å². The van der Waals surface area contributed by atoms with Crippen LogP contribution in [0, 0.1) is 3.57 Å². The minimum atomic E-state index is 0. The molecule has 0 saturated carbocycles. The molecule has 0 atom stereocenters. The maximum Gasteiger partial charge on any atom is 2.00 e. The van der Waals surface area contributed by atoms with Crippen molar-refractivity contribution in [1.29, 1.82) is 0 Å². The van der Waals surface area contributed by atoms with Crippen LogP contribution in [-0.2, 0) is 17.1 Å². The van der Waals surface area contributed by atoms with Crippen molar-refractivity contribution in [2.24, 2.45) is 0 Å². The van der Waals surface area contributed by atoms with Gasteiger partial charge in [0.25, 0.3) is 0 Å². The molecule has 70 valence electrons. The van der Waals surface area contributed by atoms with Crippen LogP contribution in [0.25, 0.3) is 0 Å². The van der Waals surface area contributed by atoms with E-state index in [4.69, 9.17) is 0 Å². The third-order valence-electron chi connectivity index (χ3n) is 1.24. The van der Waals surface area contributed by atoms with Gasteiger partial charge in [-0.25, -0.2) is 24.3 Å². The summed E-state index contributed by atoms with van der Waals surface area (Å²) in [5.74, 6) is 0. The third kappa shape index (κ3) is 6.49. The molecule has 2 aromatic carbocycles. The molecule has 2 rings (SSSR count). The molecule has 0 unspecified atom stereocenters. The molecule has 0 fully saturated rings. The van der Waals surface area contributed by atoms with Gasteiger partial charge in [-0.1, -0.05) is 8.04 Å². The van der Waals surface area contributed by atoms with E-state index in [0.29, 0.717) is 0 Å². The summed E-state index contributed by atoms with van der Waals surface area (Å²) >= 11 is 5.56. The van der Waals surface area contributed by atoms with E-state index >= 15 is 0 Å². The normalized spacial score (nSPS) is 8.15. The van der Waals surface area contributed by atoms with E-state index in [1.165, 1.54) is 3.57 Å². The van der Waals surface area contributed by atoms with E-state index in [1.807, 2.05) is 36.4 Å². The predicted octanol–water partition coefficient (Wildman–Crippen LogP) is 4.18. The largest absolute Gasteiger partial charge is 2.00 e. The Balaban J connectivity index is 0.000000206. The summed E-state index contributed by atoms with van der Waals surface area (Å²) in [5, 5.41) is 0. The van der Waals surface area contributed by atoms with Gasteiger partial charge in [0.1, 0.15) is 0 Å². The zero-order chi connectivity index (χ0) is 8.81. The first-order valence-electron chi connectivity index (χ1n) is 3.53. The fourth-order valence-corrected chi connectivity index (χ4v) is 1.42. The van der Waals surface area contributed by atoms with E-state index in [0.717, 1.165) is 4.47 Å². The number of halogens is 2. The summed E-state index contributed by atoms with van der Waals surface area (Å²) in [6, 6.07) is 16.2. The van der Waals surface area contributed by atoms with E-state index < -0.39 is 0 Å². The van der Waals surface area contributed by atoms with Crippen molar-refractivity contribution >= 4 is 38.5 Å². The SMILES string of the molecule is Br[c-]1cccc1.I[c-]1cccc1.[Fe+2]. The average molecular weight is 391 g/mol. The second kappa shape index (κ2) is 7.80. The molecule has 0 bridgehead atoms. The summed E-state index contributed by atoms with van der Waals surface area (Å²) in [4.78, 5) is 0. The maximum atomic E-state index is 3.28. The van der Waals surface area contributed by atoms with Gasteiger partial charge < -0.3 is 0 Å². The molecule has 0 saturated heterocycles. The van der Waals surface area contributed by atoms with E-state index in [-0.39, 0.29) is 17.1 Å². The molecule has 0 heterocycles. The van der Waals surface area contributed by atoms with Gasteiger partial charge in [-0.15, -0.1) is 38.5 Å². The fourth-order valence-electron chi connectivity index (χ4n) is 0.701. The quantitative estimate of drug-likeness (QED) is 0.360. The Hall–Kier alpha value is 0.429. The molecule has 0 radical (unpaired) electrons. The second-order valence-corrected chi connectivity index (χ2v) is 4.37. The minimum Gasteiger partial charge on any atom is -0.213 e. The maximum absolute atomic E-state index is 3.28. The summed E-state index contributed by atoms with van der Waals surface area (Å²) in [5.41, 5.74) is 0. The molecule has 0 nitrogen and oxygen atoms in total. The predicted molar refractivity (Wildman–Crippen MR) is 64.5 cm³/mol. The van der Waals surface area contributed by atoms with Crippen LogP contribution in [0.15, 0.2) is 53.0 Å². The van der Waals surface area contributed by atoms with Crippen LogP contribution in [0.3, 0.4) is 0 Å². The van der Waals surface area contributed by atoms with Crippen molar-refractivity contribution in [2.75, 3.05) is 0 Å². The average Bonchev–Trinajstić information content (AvgIpc) is 2.63. The zero-order valence-electron chi connectivity index (χ0n) is 6.73. The third-order valence-corrected chi connectivity index (χ3v) is 2.49. The van der Waals surface area contributed by atoms with E-state index in [9.17, 15) is 0 Å². The van der Waals surface area contributed by atoms with Gasteiger partial charge in [0.2, 0.25) is 0 Å². The van der Waals surface area contributed by atoms with E-state index in [1.54, 1.807) is 0 Å². The Morgan fingerprint density at radius 1 is 0.846 bits per heavy atom. The van der Waals surface area contributed by atoms with Crippen molar-refractivity contribution in [2.45, 2.75) is 0 Å². The first-order chi connectivity index (χ1) is 5.79. The van der Waals surface area contributed by atoms with Crippen molar-refractivity contribution in [3.8, 4) is 0 Å². The Morgan fingerprint density at radius 3 is 1.38 bits per heavy atom. The summed E-state index contributed by atoms with van der Waals surface area (Å²) < 4.78 is 2.47. The first-order valence-corrected chi connectivity index (χ1v) is 5.40. The molecule has 0 spiro atoms. The van der Waals surface area contributed by atoms with Crippen molar-refractivity contribution < 1.29 is 17.1 Å². The van der Waals surface area contributed by atoms with Gasteiger partial charge in [0.05, 0.1) is 0 Å². The Morgan fingerprint density at radius 2 is 1.23 bits per heavy atom. The van der Waals surface area contributed by atoms with Gasteiger partial charge in [-0.2, -0.15) is 24.3 Å². The molecule has 0 aliphatic heterocycles. The zero-order valence-corrected chi connectivity index (χ0v) is 11.6. The van der Waals surface area contributed by atoms with Gasteiger partial charge >= 0.3 is 17.1 Å². The molecular formula is C10H8BrFeI. The number of hydrogen-bond acceptors (Lipinski definition) is 0. The number of rotatable bonds is 0. The second-order valence-electron chi connectivity index (χ2n) is 2.21. The molecular weight excluding hydrogens is 383 g/mol. The van der Waals surface area contributed by atoms with Gasteiger partial charge in [-0.3, -0.25) is 0 Å². The van der Waals surface area contributed by atoms with Crippen molar-refractivity contribution in [1.82, 2.24) is 0 Å². The minimum absolute atomic E-state index is 0. The fraction of sp³-hybridized carbons (Fsp3) is 0. The summed E-state index contributed by atoms with van der Waals surface area (Å²) in [6.07, 6.45) is 0. The Labute approximate surface area is 111 Å². The molecule has 0 aromatic heterocycles. The molecule has 13 heavy (non-hydrogen) atoms. The van der Waals surface area contributed by atoms with Crippen molar-refractivity contribution in [3.05, 3.63) is 56.6 Å². The van der Waals surface area contributed by atoms with Crippen LogP contribution in [0.2, 0.25) is 0 Å². The molecule has 0 N–H and O–H groups in total. The molecule has 0 aliphatic carbocycles. The van der Waals surface area contributed by atoms with Crippen LogP contribution in [0.5, 0.6) is 0 Å². The first kappa shape index (κ1) is 13.4. The molecule has 2 aromatic rings. The smallest absolute Gasteiger partial charge is 0.213 e. The van der Waals surface area contributed by atoms with E-state index in [2.05, 4.69) is 50.7 Å². The summed E-state index contributed by atoms with van der Waals surface area (Å²) in [6.45, 7) is 0. The topological polar surface area (TPSA) is 0 Å².